The van der Waals surface area contributed by atoms with Gasteiger partial charge in [0.1, 0.15) is 5.75 Å². The van der Waals surface area contributed by atoms with Crippen LogP contribution in [0.1, 0.15) is 17.2 Å². The molecule has 0 aromatic heterocycles. The van der Waals surface area contributed by atoms with Gasteiger partial charge in [-0.25, -0.2) is 0 Å². The van der Waals surface area contributed by atoms with Crippen molar-refractivity contribution < 1.29 is 4.74 Å². The number of methoxy groups -OCH3 is 1. The topological polar surface area (TPSA) is 21.3 Å². The molecule has 2 rings (SSSR count). The van der Waals surface area contributed by atoms with Crippen LogP contribution < -0.4 is 10.1 Å². The van der Waals surface area contributed by atoms with Crippen molar-refractivity contribution in [3.8, 4) is 5.75 Å². The van der Waals surface area contributed by atoms with Crippen molar-refractivity contribution in [2.75, 3.05) is 14.2 Å². The molecule has 4 heteroatoms. The van der Waals surface area contributed by atoms with Crippen LogP contribution >= 0.6 is 23.2 Å². The number of likely N-dealkylation sites (N-methyl/N-ethyl adjacent to an activating group) is 1. The minimum Gasteiger partial charge on any atom is -0.497 e. The zero-order valence-electron chi connectivity index (χ0n) is 11.5. The van der Waals surface area contributed by atoms with Gasteiger partial charge in [-0.15, -0.1) is 0 Å². The molecule has 0 saturated carbocycles. The molecule has 0 fully saturated rings. The number of hydrogen-bond donors (Lipinski definition) is 1. The number of halogens is 2. The van der Waals surface area contributed by atoms with E-state index in [2.05, 4.69) is 11.4 Å². The van der Waals surface area contributed by atoms with E-state index in [1.807, 2.05) is 43.4 Å². The molecule has 20 heavy (non-hydrogen) atoms. The van der Waals surface area contributed by atoms with Gasteiger partial charge >= 0.3 is 0 Å². The molecule has 0 bridgehead atoms. The third kappa shape index (κ3) is 3.45. The minimum absolute atomic E-state index is 0.0586. The third-order valence-corrected chi connectivity index (χ3v) is 3.93. The molecule has 0 saturated heterocycles. The van der Waals surface area contributed by atoms with Gasteiger partial charge in [0.25, 0.3) is 0 Å². The summed E-state index contributed by atoms with van der Waals surface area (Å²) in [5, 5.41) is 4.64. The van der Waals surface area contributed by atoms with Gasteiger partial charge in [0, 0.05) is 21.7 Å². The number of ether oxygens (including phenoxy) is 1. The van der Waals surface area contributed by atoms with Crippen LogP contribution in [0.3, 0.4) is 0 Å². The second-order valence-electron chi connectivity index (χ2n) is 4.53. The molecule has 106 valence electrons. The van der Waals surface area contributed by atoms with Crippen molar-refractivity contribution >= 4 is 23.2 Å². The van der Waals surface area contributed by atoms with Gasteiger partial charge < -0.3 is 10.1 Å². The van der Waals surface area contributed by atoms with E-state index in [1.165, 1.54) is 5.56 Å². The normalized spacial score (nSPS) is 12.2. The highest BCUT2D eigenvalue weighted by molar-refractivity contribution is 6.36. The average Bonchev–Trinajstić information content (AvgIpc) is 2.46. The standard InChI is InChI=1S/C16H17Cl2NO/c1-19-15(16-13(17)7-4-8-14(16)18)10-11-5-3-6-12(9-11)20-2/h3-9,15,19H,10H2,1-2H3. The van der Waals surface area contributed by atoms with Crippen LogP contribution in [0.2, 0.25) is 10.0 Å². The number of rotatable bonds is 5. The summed E-state index contributed by atoms with van der Waals surface area (Å²) < 4.78 is 5.25. The van der Waals surface area contributed by atoms with Gasteiger partial charge in [0.15, 0.2) is 0 Å². The lowest BCUT2D eigenvalue weighted by Gasteiger charge is -2.19. The lowest BCUT2D eigenvalue weighted by atomic mass is 9.98. The SMILES string of the molecule is CNC(Cc1cccc(OC)c1)c1c(Cl)cccc1Cl. The Morgan fingerprint density at radius 3 is 2.35 bits per heavy atom. The quantitative estimate of drug-likeness (QED) is 0.877. The predicted molar refractivity (Wildman–Crippen MR) is 85.0 cm³/mol. The lowest BCUT2D eigenvalue weighted by molar-refractivity contribution is 0.414. The van der Waals surface area contributed by atoms with Gasteiger partial charge in [-0.1, -0.05) is 41.4 Å². The molecule has 0 aliphatic carbocycles. The largest absolute Gasteiger partial charge is 0.497 e. The first kappa shape index (κ1) is 15.2. The summed E-state index contributed by atoms with van der Waals surface area (Å²) in [7, 11) is 3.57. The Kier molecular flexibility index (Phi) is 5.30. The Bertz CT molecular complexity index is 566. The molecule has 0 spiro atoms. The van der Waals surface area contributed by atoms with Crippen LogP contribution in [0.15, 0.2) is 42.5 Å². The molecular weight excluding hydrogens is 293 g/mol. The zero-order valence-corrected chi connectivity index (χ0v) is 13.0. The Hall–Kier alpha value is -1.22. The van der Waals surface area contributed by atoms with Gasteiger partial charge in [-0.3, -0.25) is 0 Å². The molecule has 1 N–H and O–H groups in total. The van der Waals surface area contributed by atoms with Crippen molar-refractivity contribution in [1.29, 1.82) is 0 Å². The lowest BCUT2D eigenvalue weighted by Crippen LogP contribution is -2.19. The van der Waals surface area contributed by atoms with Crippen molar-refractivity contribution in [3.05, 3.63) is 63.6 Å². The monoisotopic (exact) mass is 309 g/mol. The first-order chi connectivity index (χ1) is 9.65. The number of nitrogens with one attached hydrogen (secondary N) is 1. The van der Waals surface area contributed by atoms with Gasteiger partial charge in [0.2, 0.25) is 0 Å². The van der Waals surface area contributed by atoms with E-state index in [0.29, 0.717) is 10.0 Å². The number of benzene rings is 2. The van der Waals surface area contributed by atoms with Crippen LogP contribution in [-0.4, -0.2) is 14.2 Å². The fourth-order valence-corrected chi connectivity index (χ4v) is 2.89. The fraction of sp³-hybridized carbons (Fsp3) is 0.250. The highest BCUT2D eigenvalue weighted by Gasteiger charge is 2.17. The summed E-state index contributed by atoms with van der Waals surface area (Å²) in [5.41, 5.74) is 2.10. The molecule has 0 heterocycles. The van der Waals surface area contributed by atoms with E-state index < -0.39 is 0 Å². The molecule has 0 amide bonds. The Morgan fingerprint density at radius 2 is 1.75 bits per heavy atom. The molecule has 2 aromatic rings. The Morgan fingerprint density at radius 1 is 1.10 bits per heavy atom. The number of hydrogen-bond acceptors (Lipinski definition) is 2. The molecule has 2 nitrogen and oxygen atoms in total. The first-order valence-corrected chi connectivity index (χ1v) is 7.15. The van der Waals surface area contributed by atoms with E-state index in [4.69, 9.17) is 27.9 Å². The van der Waals surface area contributed by atoms with Crippen molar-refractivity contribution in [1.82, 2.24) is 5.32 Å². The van der Waals surface area contributed by atoms with E-state index in [9.17, 15) is 0 Å². The highest BCUT2D eigenvalue weighted by atomic mass is 35.5. The molecule has 1 atom stereocenters. The Balaban J connectivity index is 2.29. The molecule has 0 radical (unpaired) electrons. The first-order valence-electron chi connectivity index (χ1n) is 6.39. The Labute approximate surface area is 129 Å². The molecule has 0 aliphatic rings. The van der Waals surface area contributed by atoms with Crippen molar-refractivity contribution in [2.24, 2.45) is 0 Å². The van der Waals surface area contributed by atoms with Gasteiger partial charge in [-0.05, 0) is 43.3 Å². The zero-order chi connectivity index (χ0) is 14.5. The van der Waals surface area contributed by atoms with E-state index in [0.717, 1.165) is 17.7 Å². The van der Waals surface area contributed by atoms with Crippen molar-refractivity contribution in [2.45, 2.75) is 12.5 Å². The van der Waals surface area contributed by atoms with Crippen LogP contribution in [0.4, 0.5) is 0 Å². The fourth-order valence-electron chi connectivity index (χ4n) is 2.23. The summed E-state index contributed by atoms with van der Waals surface area (Å²) in [6.45, 7) is 0. The smallest absolute Gasteiger partial charge is 0.119 e. The van der Waals surface area contributed by atoms with E-state index >= 15 is 0 Å². The van der Waals surface area contributed by atoms with Gasteiger partial charge in [-0.2, -0.15) is 0 Å². The molecule has 0 aliphatic heterocycles. The van der Waals surface area contributed by atoms with Crippen LogP contribution in [0.5, 0.6) is 5.75 Å². The maximum Gasteiger partial charge on any atom is 0.119 e. The van der Waals surface area contributed by atoms with E-state index in [-0.39, 0.29) is 6.04 Å². The van der Waals surface area contributed by atoms with Crippen molar-refractivity contribution in [3.63, 3.8) is 0 Å². The maximum atomic E-state index is 6.28. The highest BCUT2D eigenvalue weighted by Crippen LogP contribution is 2.32. The molecule has 1 unspecified atom stereocenters. The molecular formula is C16H17Cl2NO. The van der Waals surface area contributed by atoms with E-state index in [1.54, 1.807) is 7.11 Å². The predicted octanol–water partition coefficient (Wildman–Crippen LogP) is 4.51. The summed E-state index contributed by atoms with van der Waals surface area (Å²) in [6, 6.07) is 13.6. The summed E-state index contributed by atoms with van der Waals surface area (Å²) in [5.74, 6) is 0.850. The third-order valence-electron chi connectivity index (χ3n) is 3.27. The average molecular weight is 310 g/mol. The summed E-state index contributed by atoms with van der Waals surface area (Å²) in [4.78, 5) is 0. The summed E-state index contributed by atoms with van der Waals surface area (Å²) >= 11 is 12.6. The minimum atomic E-state index is 0.0586. The van der Waals surface area contributed by atoms with Crippen LogP contribution in [0, 0.1) is 0 Å². The van der Waals surface area contributed by atoms with Crippen LogP contribution in [0.25, 0.3) is 0 Å². The maximum absolute atomic E-state index is 6.28. The second-order valence-corrected chi connectivity index (χ2v) is 5.35. The second kappa shape index (κ2) is 6.98. The van der Waals surface area contributed by atoms with Crippen LogP contribution in [-0.2, 0) is 6.42 Å². The molecule has 2 aromatic carbocycles. The summed E-state index contributed by atoms with van der Waals surface area (Å²) in [6.07, 6.45) is 0.789. The van der Waals surface area contributed by atoms with Gasteiger partial charge in [0.05, 0.1) is 7.11 Å².